The standard InChI is InChI=1S/C13H15ClN2O/c1-13(2,6-7-14)16-12(17)11-5-3-4-10(8-11)9-15/h3-5,8H,6-7H2,1-2H3,(H,16,17). The Morgan fingerprint density at radius 2 is 2.24 bits per heavy atom. The maximum atomic E-state index is 11.9. The summed E-state index contributed by atoms with van der Waals surface area (Å²) < 4.78 is 0. The average molecular weight is 251 g/mol. The van der Waals surface area contributed by atoms with Crippen molar-refractivity contribution in [2.75, 3.05) is 5.88 Å². The van der Waals surface area contributed by atoms with Crippen LogP contribution in [0.4, 0.5) is 0 Å². The molecule has 1 N–H and O–H groups in total. The second-order valence-electron chi connectivity index (χ2n) is 4.47. The van der Waals surface area contributed by atoms with Gasteiger partial charge in [-0.2, -0.15) is 5.26 Å². The van der Waals surface area contributed by atoms with E-state index in [1.165, 1.54) is 0 Å². The van der Waals surface area contributed by atoms with Gasteiger partial charge in [-0.3, -0.25) is 4.79 Å². The van der Waals surface area contributed by atoms with Crippen molar-refractivity contribution in [2.24, 2.45) is 0 Å². The van der Waals surface area contributed by atoms with Crippen molar-refractivity contribution < 1.29 is 4.79 Å². The molecule has 0 bridgehead atoms. The molecule has 17 heavy (non-hydrogen) atoms. The Hall–Kier alpha value is -1.53. The summed E-state index contributed by atoms with van der Waals surface area (Å²) in [6.45, 7) is 3.84. The molecule has 1 aromatic carbocycles. The van der Waals surface area contributed by atoms with Gasteiger partial charge in [0.15, 0.2) is 0 Å². The van der Waals surface area contributed by atoms with Crippen LogP contribution >= 0.6 is 11.6 Å². The van der Waals surface area contributed by atoms with E-state index in [0.717, 1.165) is 0 Å². The number of rotatable bonds is 4. The number of halogens is 1. The number of alkyl halides is 1. The summed E-state index contributed by atoms with van der Waals surface area (Å²) >= 11 is 5.67. The van der Waals surface area contributed by atoms with E-state index < -0.39 is 0 Å². The highest BCUT2D eigenvalue weighted by atomic mass is 35.5. The Morgan fingerprint density at radius 3 is 2.82 bits per heavy atom. The number of nitriles is 1. The molecule has 0 atom stereocenters. The summed E-state index contributed by atoms with van der Waals surface area (Å²) in [5.41, 5.74) is 0.626. The van der Waals surface area contributed by atoms with Crippen LogP contribution in [0.1, 0.15) is 36.2 Å². The molecule has 0 radical (unpaired) electrons. The van der Waals surface area contributed by atoms with Crippen LogP contribution in [-0.4, -0.2) is 17.3 Å². The Bertz CT molecular complexity index is 449. The molecule has 4 heteroatoms. The van der Waals surface area contributed by atoms with E-state index in [2.05, 4.69) is 5.32 Å². The third kappa shape index (κ3) is 4.08. The lowest BCUT2D eigenvalue weighted by atomic mass is 10.0. The highest BCUT2D eigenvalue weighted by Gasteiger charge is 2.20. The van der Waals surface area contributed by atoms with E-state index in [4.69, 9.17) is 16.9 Å². The topological polar surface area (TPSA) is 52.9 Å². The molecule has 3 nitrogen and oxygen atoms in total. The minimum absolute atomic E-state index is 0.183. The summed E-state index contributed by atoms with van der Waals surface area (Å²) in [5, 5.41) is 11.7. The first-order valence-corrected chi connectivity index (χ1v) is 5.90. The predicted molar refractivity (Wildman–Crippen MR) is 68.0 cm³/mol. The summed E-state index contributed by atoms with van der Waals surface area (Å²) in [5.74, 6) is 0.308. The van der Waals surface area contributed by atoms with Gasteiger partial charge in [0.05, 0.1) is 11.6 Å². The van der Waals surface area contributed by atoms with Crippen LogP contribution < -0.4 is 5.32 Å². The molecule has 1 aromatic rings. The fourth-order valence-electron chi connectivity index (χ4n) is 1.41. The van der Waals surface area contributed by atoms with Gasteiger partial charge in [0.2, 0.25) is 0 Å². The molecule has 0 fully saturated rings. The van der Waals surface area contributed by atoms with Gasteiger partial charge in [0.25, 0.3) is 5.91 Å². The van der Waals surface area contributed by atoms with Crippen molar-refractivity contribution in [3.8, 4) is 6.07 Å². The Balaban J connectivity index is 2.80. The number of carbonyl (C=O) groups excluding carboxylic acids is 1. The fourth-order valence-corrected chi connectivity index (χ4v) is 1.88. The molecule has 0 spiro atoms. The largest absolute Gasteiger partial charge is 0.347 e. The lowest BCUT2D eigenvalue weighted by Crippen LogP contribution is -2.43. The summed E-state index contributed by atoms with van der Waals surface area (Å²) in [4.78, 5) is 11.9. The number of nitrogens with zero attached hydrogens (tertiary/aromatic N) is 1. The molecule has 0 unspecified atom stereocenters. The van der Waals surface area contributed by atoms with Crippen LogP contribution in [0.3, 0.4) is 0 Å². The molecule has 0 aliphatic heterocycles. The maximum absolute atomic E-state index is 11.9. The SMILES string of the molecule is CC(C)(CCCl)NC(=O)c1cccc(C#N)c1. The first kappa shape index (κ1) is 13.5. The molecule has 1 rings (SSSR count). The molecule has 1 amide bonds. The second kappa shape index (κ2) is 5.70. The van der Waals surface area contributed by atoms with Crippen molar-refractivity contribution in [1.82, 2.24) is 5.32 Å². The van der Waals surface area contributed by atoms with E-state index in [0.29, 0.717) is 23.4 Å². The van der Waals surface area contributed by atoms with E-state index in [1.54, 1.807) is 24.3 Å². The number of carbonyl (C=O) groups is 1. The minimum Gasteiger partial charge on any atom is -0.347 e. The lowest BCUT2D eigenvalue weighted by Gasteiger charge is -2.25. The maximum Gasteiger partial charge on any atom is 0.251 e. The first-order chi connectivity index (χ1) is 7.98. The van der Waals surface area contributed by atoms with Gasteiger partial charge in [0.1, 0.15) is 0 Å². The van der Waals surface area contributed by atoms with Gasteiger partial charge in [-0.1, -0.05) is 6.07 Å². The van der Waals surface area contributed by atoms with Crippen LogP contribution in [0.2, 0.25) is 0 Å². The highest BCUT2D eigenvalue weighted by Crippen LogP contribution is 2.12. The van der Waals surface area contributed by atoms with E-state index in [9.17, 15) is 4.79 Å². The molecule has 0 aliphatic rings. The third-order valence-electron chi connectivity index (χ3n) is 2.43. The normalized spacial score (nSPS) is 10.7. The van der Waals surface area contributed by atoms with Crippen molar-refractivity contribution >= 4 is 17.5 Å². The second-order valence-corrected chi connectivity index (χ2v) is 4.85. The van der Waals surface area contributed by atoms with Gasteiger partial charge < -0.3 is 5.32 Å². The Kier molecular flexibility index (Phi) is 4.53. The van der Waals surface area contributed by atoms with Crippen molar-refractivity contribution in [3.05, 3.63) is 35.4 Å². The zero-order valence-electron chi connectivity index (χ0n) is 9.96. The van der Waals surface area contributed by atoms with E-state index >= 15 is 0 Å². The summed E-state index contributed by atoms with van der Waals surface area (Å²) in [7, 11) is 0. The van der Waals surface area contributed by atoms with Gasteiger partial charge in [-0.15, -0.1) is 11.6 Å². The number of hydrogen-bond acceptors (Lipinski definition) is 2. The lowest BCUT2D eigenvalue weighted by molar-refractivity contribution is 0.0911. The number of benzene rings is 1. The smallest absolute Gasteiger partial charge is 0.251 e. The van der Waals surface area contributed by atoms with E-state index in [1.807, 2.05) is 19.9 Å². The summed E-state index contributed by atoms with van der Waals surface area (Å²) in [6.07, 6.45) is 0.693. The molecule has 0 heterocycles. The van der Waals surface area contributed by atoms with Gasteiger partial charge in [-0.25, -0.2) is 0 Å². The molecule has 0 saturated carbocycles. The third-order valence-corrected chi connectivity index (χ3v) is 2.61. The van der Waals surface area contributed by atoms with Gasteiger partial charge in [0, 0.05) is 17.0 Å². The number of hydrogen-bond donors (Lipinski definition) is 1. The highest BCUT2D eigenvalue weighted by molar-refractivity contribution is 6.17. The molecular formula is C13H15ClN2O. The van der Waals surface area contributed by atoms with Gasteiger partial charge in [-0.05, 0) is 38.5 Å². The monoisotopic (exact) mass is 250 g/mol. The van der Waals surface area contributed by atoms with Crippen LogP contribution in [0.25, 0.3) is 0 Å². The average Bonchev–Trinajstić information content (AvgIpc) is 2.28. The molecular weight excluding hydrogens is 236 g/mol. The fraction of sp³-hybridized carbons (Fsp3) is 0.385. The van der Waals surface area contributed by atoms with Crippen molar-refractivity contribution in [1.29, 1.82) is 5.26 Å². The molecule has 0 aliphatic carbocycles. The predicted octanol–water partition coefficient (Wildman–Crippen LogP) is 2.70. The minimum atomic E-state index is -0.346. The van der Waals surface area contributed by atoms with Crippen LogP contribution in [-0.2, 0) is 0 Å². The van der Waals surface area contributed by atoms with Crippen molar-refractivity contribution in [3.63, 3.8) is 0 Å². The van der Waals surface area contributed by atoms with Crippen LogP contribution in [0.15, 0.2) is 24.3 Å². The first-order valence-electron chi connectivity index (χ1n) is 5.37. The van der Waals surface area contributed by atoms with E-state index in [-0.39, 0.29) is 11.4 Å². The summed E-state index contributed by atoms with van der Waals surface area (Å²) in [6, 6.07) is 8.64. The van der Waals surface area contributed by atoms with Crippen molar-refractivity contribution in [2.45, 2.75) is 25.8 Å². The van der Waals surface area contributed by atoms with Crippen LogP contribution in [0.5, 0.6) is 0 Å². The number of nitrogens with one attached hydrogen (secondary N) is 1. The number of amides is 1. The molecule has 90 valence electrons. The van der Waals surface area contributed by atoms with Crippen LogP contribution in [0, 0.1) is 11.3 Å². The Labute approximate surface area is 106 Å². The molecule has 0 saturated heterocycles. The quantitative estimate of drug-likeness (QED) is 0.836. The zero-order chi connectivity index (χ0) is 12.9. The Morgan fingerprint density at radius 1 is 1.53 bits per heavy atom. The van der Waals surface area contributed by atoms with Gasteiger partial charge >= 0.3 is 0 Å². The zero-order valence-corrected chi connectivity index (χ0v) is 10.7. The molecule has 0 aromatic heterocycles.